The molecule has 12 aromatic rings. The van der Waals surface area contributed by atoms with Crippen LogP contribution >= 0.6 is 0 Å². The fourth-order valence-corrected chi connectivity index (χ4v) is 11.8. The molecule has 14 rings (SSSR count). The van der Waals surface area contributed by atoms with Crippen molar-refractivity contribution in [3.8, 4) is 27.9 Å². The van der Waals surface area contributed by atoms with Crippen LogP contribution in [0.15, 0.2) is 261 Å². The second kappa shape index (κ2) is 15.1. The molecule has 0 amide bonds. The van der Waals surface area contributed by atoms with Crippen LogP contribution < -0.4 is 9.80 Å². The molecule has 2 aliphatic rings. The molecule has 0 saturated heterocycles. The lowest BCUT2D eigenvalue weighted by molar-refractivity contribution is 0.793. The van der Waals surface area contributed by atoms with E-state index < -0.39 is 5.41 Å². The molecule has 318 valence electrons. The molecule has 0 aliphatic heterocycles. The van der Waals surface area contributed by atoms with Crippen LogP contribution in [0.3, 0.4) is 0 Å². The lowest BCUT2D eigenvalue weighted by Crippen LogP contribution is -2.28. The smallest absolute Gasteiger partial charge is 0.0746 e. The molecule has 0 saturated carbocycles. The maximum absolute atomic E-state index is 2.50. The van der Waals surface area contributed by atoms with Crippen LogP contribution in [0.25, 0.3) is 60.5 Å². The predicted octanol–water partition coefficient (Wildman–Crippen LogP) is 17.2. The Morgan fingerprint density at radius 3 is 1.59 bits per heavy atom. The summed E-state index contributed by atoms with van der Waals surface area (Å²) >= 11 is 0. The molecular formula is C65H43N3. The van der Waals surface area contributed by atoms with Gasteiger partial charge in [0.2, 0.25) is 0 Å². The van der Waals surface area contributed by atoms with Gasteiger partial charge in [-0.2, -0.15) is 0 Å². The number of nitrogens with zero attached hydrogens (tertiary/aromatic N) is 3. The molecule has 68 heavy (non-hydrogen) atoms. The van der Waals surface area contributed by atoms with Crippen LogP contribution in [-0.2, 0) is 5.41 Å². The van der Waals surface area contributed by atoms with Gasteiger partial charge in [0.25, 0.3) is 0 Å². The van der Waals surface area contributed by atoms with Crippen LogP contribution in [0.4, 0.5) is 34.1 Å². The Hall–Kier alpha value is -8.92. The summed E-state index contributed by atoms with van der Waals surface area (Å²) in [7, 11) is 0. The minimum absolute atomic E-state index is 0.608. The zero-order valence-electron chi connectivity index (χ0n) is 37.2. The predicted molar refractivity (Wildman–Crippen MR) is 284 cm³/mol. The molecule has 0 radical (unpaired) electrons. The van der Waals surface area contributed by atoms with Crippen molar-refractivity contribution in [3.63, 3.8) is 0 Å². The van der Waals surface area contributed by atoms with Crippen molar-refractivity contribution >= 4 is 66.7 Å². The standard InChI is InChI=1S/C65H43N3/c1-4-21-46(22-5-1)66(49-36-35-44-19-10-11-20-45(44)41-49)50-38-40-60-57(42-50)53-28-13-16-32-59(53)65(60)58-31-15-12-27-52(58)56-30-18-34-62(64(56)65)67(47-23-6-2-7-24-47)51-37-39-55-54-29-14-17-33-61(54)68(63(55)43-51)48-25-8-3-9-26-48/h1-43H. The van der Waals surface area contributed by atoms with Crippen molar-refractivity contribution in [1.82, 2.24) is 4.57 Å². The highest BCUT2D eigenvalue weighted by Gasteiger charge is 2.53. The van der Waals surface area contributed by atoms with E-state index in [1.54, 1.807) is 0 Å². The van der Waals surface area contributed by atoms with Gasteiger partial charge in [-0.15, -0.1) is 0 Å². The molecule has 1 heterocycles. The maximum atomic E-state index is 2.50. The average Bonchev–Trinajstić information content (AvgIpc) is 4.01. The third-order valence-corrected chi connectivity index (χ3v) is 14.5. The number of para-hydroxylation sites is 4. The van der Waals surface area contributed by atoms with Crippen LogP contribution in [0.2, 0.25) is 0 Å². The molecule has 3 heteroatoms. The Morgan fingerprint density at radius 2 is 0.824 bits per heavy atom. The second-order valence-electron chi connectivity index (χ2n) is 18.0. The third kappa shape index (κ3) is 5.54. The summed E-state index contributed by atoms with van der Waals surface area (Å²) in [6, 6.07) is 96.2. The first kappa shape index (κ1) is 38.4. The van der Waals surface area contributed by atoms with Crippen LogP contribution in [0.1, 0.15) is 22.3 Å². The first-order valence-corrected chi connectivity index (χ1v) is 23.5. The zero-order chi connectivity index (χ0) is 44.8. The number of hydrogen-bond acceptors (Lipinski definition) is 2. The molecule has 1 unspecified atom stereocenters. The molecule has 0 N–H and O–H groups in total. The molecule has 1 spiro atoms. The Labute approximate surface area is 395 Å². The molecule has 0 fully saturated rings. The van der Waals surface area contributed by atoms with E-state index in [-0.39, 0.29) is 0 Å². The highest BCUT2D eigenvalue weighted by Crippen LogP contribution is 2.66. The summed E-state index contributed by atoms with van der Waals surface area (Å²) in [6.45, 7) is 0. The van der Waals surface area contributed by atoms with Crippen molar-refractivity contribution < 1.29 is 0 Å². The Kier molecular flexibility index (Phi) is 8.50. The van der Waals surface area contributed by atoms with Gasteiger partial charge in [0.05, 0.1) is 22.1 Å². The molecule has 1 aromatic heterocycles. The minimum atomic E-state index is -0.608. The fraction of sp³-hybridized carbons (Fsp3) is 0.0154. The van der Waals surface area contributed by atoms with E-state index in [0.717, 1.165) is 39.8 Å². The largest absolute Gasteiger partial charge is 0.310 e. The summed E-state index contributed by atoms with van der Waals surface area (Å²) < 4.78 is 2.42. The lowest BCUT2D eigenvalue weighted by atomic mass is 9.70. The Balaban J connectivity index is 1.03. The summed E-state index contributed by atoms with van der Waals surface area (Å²) in [4.78, 5) is 4.91. The van der Waals surface area contributed by atoms with Crippen molar-refractivity contribution in [2.45, 2.75) is 5.41 Å². The molecule has 3 nitrogen and oxygen atoms in total. The highest BCUT2D eigenvalue weighted by molar-refractivity contribution is 6.11. The molecule has 11 aromatic carbocycles. The van der Waals surface area contributed by atoms with E-state index in [1.165, 1.54) is 77.1 Å². The van der Waals surface area contributed by atoms with E-state index >= 15 is 0 Å². The lowest BCUT2D eigenvalue weighted by Gasteiger charge is -2.36. The first-order valence-electron chi connectivity index (χ1n) is 23.5. The molecule has 0 bridgehead atoms. The maximum Gasteiger partial charge on any atom is 0.0746 e. The Bertz CT molecular complexity index is 3930. The van der Waals surface area contributed by atoms with Crippen LogP contribution in [-0.4, -0.2) is 4.57 Å². The minimum Gasteiger partial charge on any atom is -0.310 e. The molecule has 2 aliphatic carbocycles. The SMILES string of the molecule is c1ccc(N(c2ccc3c(c2)-c2ccccc2C32c3ccccc3-c3cccc(N(c4ccccc4)c4ccc5c6ccccc6n(-c6ccccc6)c5c4)c32)c2ccc3ccccc3c2)cc1. The van der Waals surface area contributed by atoms with Crippen molar-refractivity contribution in [1.29, 1.82) is 0 Å². The van der Waals surface area contributed by atoms with Crippen molar-refractivity contribution in [2.75, 3.05) is 9.80 Å². The van der Waals surface area contributed by atoms with Gasteiger partial charge in [-0.3, -0.25) is 0 Å². The van der Waals surface area contributed by atoms with Gasteiger partial charge in [0.15, 0.2) is 0 Å². The number of anilines is 6. The van der Waals surface area contributed by atoms with E-state index in [9.17, 15) is 0 Å². The third-order valence-electron chi connectivity index (χ3n) is 14.5. The number of hydrogen-bond donors (Lipinski definition) is 0. The number of benzene rings is 11. The topological polar surface area (TPSA) is 11.4 Å². The van der Waals surface area contributed by atoms with Gasteiger partial charge in [-0.05, 0) is 135 Å². The average molecular weight is 866 g/mol. The monoisotopic (exact) mass is 865 g/mol. The van der Waals surface area contributed by atoms with Crippen LogP contribution in [0, 0.1) is 0 Å². The van der Waals surface area contributed by atoms with Crippen molar-refractivity contribution in [3.05, 3.63) is 283 Å². The van der Waals surface area contributed by atoms with Gasteiger partial charge in [0, 0.05) is 50.5 Å². The summed E-state index contributed by atoms with van der Waals surface area (Å²) in [5.41, 5.74) is 19.8. The summed E-state index contributed by atoms with van der Waals surface area (Å²) in [5.74, 6) is 0. The van der Waals surface area contributed by atoms with E-state index in [2.05, 4.69) is 275 Å². The fourth-order valence-electron chi connectivity index (χ4n) is 11.8. The van der Waals surface area contributed by atoms with Gasteiger partial charge >= 0.3 is 0 Å². The number of aromatic nitrogens is 1. The highest BCUT2D eigenvalue weighted by atomic mass is 15.2. The van der Waals surface area contributed by atoms with Crippen LogP contribution in [0.5, 0.6) is 0 Å². The van der Waals surface area contributed by atoms with E-state index in [0.29, 0.717) is 0 Å². The number of fused-ring (bicyclic) bond motifs is 14. The first-order chi connectivity index (χ1) is 33.8. The Morgan fingerprint density at radius 1 is 0.294 bits per heavy atom. The van der Waals surface area contributed by atoms with E-state index in [1.807, 2.05) is 0 Å². The quantitative estimate of drug-likeness (QED) is 0.158. The van der Waals surface area contributed by atoms with Gasteiger partial charge < -0.3 is 14.4 Å². The summed E-state index contributed by atoms with van der Waals surface area (Å²) in [5, 5.41) is 4.91. The second-order valence-corrected chi connectivity index (χ2v) is 18.0. The molecular weight excluding hydrogens is 823 g/mol. The van der Waals surface area contributed by atoms with Gasteiger partial charge in [-0.1, -0.05) is 176 Å². The van der Waals surface area contributed by atoms with Crippen molar-refractivity contribution in [2.24, 2.45) is 0 Å². The van der Waals surface area contributed by atoms with Gasteiger partial charge in [0.1, 0.15) is 0 Å². The summed E-state index contributed by atoms with van der Waals surface area (Å²) in [6.07, 6.45) is 0. The molecule has 1 atom stereocenters. The zero-order valence-corrected chi connectivity index (χ0v) is 37.2. The normalized spacial score (nSPS) is 14.2. The van der Waals surface area contributed by atoms with Gasteiger partial charge in [-0.25, -0.2) is 0 Å². The number of rotatable bonds is 7. The van der Waals surface area contributed by atoms with E-state index in [4.69, 9.17) is 0 Å².